The van der Waals surface area contributed by atoms with E-state index in [0.29, 0.717) is 0 Å². The van der Waals surface area contributed by atoms with Gasteiger partial charge in [0, 0.05) is 0 Å². The molecule has 0 heterocycles. The van der Waals surface area contributed by atoms with Gasteiger partial charge in [0.05, 0.1) is 5.75 Å². The largest absolute Gasteiger partial charge is 0.459 e. The first kappa shape index (κ1) is 19.4. The maximum absolute atomic E-state index is 12.2. The summed E-state index contributed by atoms with van der Waals surface area (Å²) in [7, 11) is -3.48. The Balaban J connectivity index is 4.97. The number of carbonyl (C=O) groups is 1. The highest BCUT2D eigenvalue weighted by Crippen LogP contribution is 2.42. The van der Waals surface area contributed by atoms with Gasteiger partial charge in [-0.25, -0.2) is 8.42 Å². The van der Waals surface area contributed by atoms with E-state index < -0.39 is 27.2 Å². The van der Waals surface area contributed by atoms with Crippen LogP contribution in [0.2, 0.25) is 0 Å². The topological polar surface area (TPSA) is 60.4 Å². The van der Waals surface area contributed by atoms with Crippen LogP contribution in [-0.4, -0.2) is 31.5 Å². The minimum Gasteiger partial charge on any atom is -0.459 e. The fourth-order valence-corrected chi connectivity index (χ4v) is 4.06. The number of ether oxygens (including phenoxy) is 1. The molecule has 0 radical (unpaired) electrons. The lowest BCUT2D eigenvalue weighted by molar-refractivity contribution is -0.151. The van der Waals surface area contributed by atoms with Gasteiger partial charge in [0.1, 0.15) is 11.4 Å². The lowest BCUT2D eigenvalue weighted by Gasteiger charge is -2.41. The Labute approximate surface area is 124 Å². The zero-order valence-electron chi connectivity index (χ0n) is 14.2. The quantitative estimate of drug-likeness (QED) is 0.732. The van der Waals surface area contributed by atoms with Crippen molar-refractivity contribution >= 4 is 15.8 Å². The van der Waals surface area contributed by atoms with Gasteiger partial charge in [-0.1, -0.05) is 34.6 Å². The molecule has 0 aromatic carbocycles. The maximum atomic E-state index is 12.2. The molecule has 4 nitrogen and oxygen atoms in total. The normalized spacial score (nSPS) is 16.6. The lowest BCUT2D eigenvalue weighted by atomic mass is 9.68. The highest BCUT2D eigenvalue weighted by atomic mass is 32.2. The van der Waals surface area contributed by atoms with Crippen molar-refractivity contribution in [2.24, 2.45) is 10.8 Å². The fourth-order valence-electron chi connectivity index (χ4n) is 1.94. The Morgan fingerprint density at radius 1 is 1.00 bits per heavy atom. The molecule has 0 aliphatic heterocycles. The standard InChI is InChI=1S/C15H30O4S/c1-9-15(8,13(2,3)4)11-20(17,18)10-12(16)19-14(5,6)7/h9-11H2,1-8H3. The van der Waals surface area contributed by atoms with Crippen LogP contribution in [0.25, 0.3) is 0 Å². The molecule has 1 unspecified atom stereocenters. The molecule has 0 aromatic heterocycles. The van der Waals surface area contributed by atoms with Crippen LogP contribution < -0.4 is 0 Å². The smallest absolute Gasteiger partial charge is 0.321 e. The highest BCUT2D eigenvalue weighted by Gasteiger charge is 2.40. The average molecular weight is 306 g/mol. The average Bonchev–Trinajstić information content (AvgIpc) is 2.10. The summed E-state index contributed by atoms with van der Waals surface area (Å²) >= 11 is 0. The lowest BCUT2D eigenvalue weighted by Crippen LogP contribution is -2.40. The summed E-state index contributed by atoms with van der Waals surface area (Å²) in [6.07, 6.45) is 0.740. The van der Waals surface area contributed by atoms with Gasteiger partial charge in [0.25, 0.3) is 0 Å². The molecular weight excluding hydrogens is 276 g/mol. The second kappa shape index (κ2) is 6.04. The SMILES string of the molecule is CCC(C)(CS(=O)(=O)CC(=O)OC(C)(C)C)C(C)(C)C. The predicted octanol–water partition coefficient (Wildman–Crippen LogP) is 3.21. The number of esters is 1. The summed E-state index contributed by atoms with van der Waals surface area (Å²) in [5.41, 5.74) is -1.18. The van der Waals surface area contributed by atoms with E-state index in [2.05, 4.69) is 0 Å². The van der Waals surface area contributed by atoms with E-state index in [4.69, 9.17) is 4.74 Å². The van der Waals surface area contributed by atoms with Gasteiger partial charge in [0.2, 0.25) is 0 Å². The number of sulfone groups is 1. The molecule has 5 heteroatoms. The number of carbonyl (C=O) groups excluding carboxylic acids is 1. The maximum Gasteiger partial charge on any atom is 0.321 e. The van der Waals surface area contributed by atoms with Crippen LogP contribution in [-0.2, 0) is 19.4 Å². The Hall–Kier alpha value is -0.580. The van der Waals surface area contributed by atoms with E-state index in [9.17, 15) is 13.2 Å². The van der Waals surface area contributed by atoms with Crippen molar-refractivity contribution in [2.45, 2.75) is 67.4 Å². The summed E-state index contributed by atoms with van der Waals surface area (Å²) < 4.78 is 29.6. The van der Waals surface area contributed by atoms with E-state index in [-0.39, 0.29) is 16.6 Å². The molecule has 0 aromatic rings. The molecule has 120 valence electrons. The number of rotatable bonds is 5. The third-order valence-electron chi connectivity index (χ3n) is 3.89. The molecule has 0 spiro atoms. The van der Waals surface area contributed by atoms with Gasteiger partial charge >= 0.3 is 5.97 Å². The van der Waals surface area contributed by atoms with Crippen molar-refractivity contribution in [3.05, 3.63) is 0 Å². The summed E-state index contributed by atoms with van der Waals surface area (Å²) in [6.45, 7) is 15.2. The molecule has 0 amide bonds. The monoisotopic (exact) mass is 306 g/mol. The van der Waals surface area contributed by atoms with Crippen LogP contribution in [0, 0.1) is 10.8 Å². The first-order valence-electron chi connectivity index (χ1n) is 7.04. The Kier molecular flexibility index (Phi) is 5.87. The van der Waals surface area contributed by atoms with Crippen LogP contribution in [0.5, 0.6) is 0 Å². The molecule has 0 saturated carbocycles. The second-order valence-corrected chi connectivity index (χ2v) is 9.85. The van der Waals surface area contributed by atoms with Crippen LogP contribution >= 0.6 is 0 Å². The van der Waals surface area contributed by atoms with Gasteiger partial charge in [-0.3, -0.25) is 4.79 Å². The molecule has 0 N–H and O–H groups in total. The molecule has 1 atom stereocenters. The second-order valence-electron chi connectivity index (χ2n) is 7.78. The van der Waals surface area contributed by atoms with Gasteiger partial charge in [0.15, 0.2) is 9.84 Å². The first-order chi connectivity index (χ1) is 8.62. The first-order valence-corrected chi connectivity index (χ1v) is 8.86. The molecule has 0 fully saturated rings. The Morgan fingerprint density at radius 3 is 1.75 bits per heavy atom. The molecule has 0 rings (SSSR count). The molecule has 0 saturated heterocycles. The molecular formula is C15H30O4S. The zero-order valence-corrected chi connectivity index (χ0v) is 15.0. The minimum atomic E-state index is -3.48. The van der Waals surface area contributed by atoms with Crippen LogP contribution in [0.3, 0.4) is 0 Å². The fraction of sp³-hybridized carbons (Fsp3) is 0.933. The van der Waals surface area contributed by atoms with Crippen molar-refractivity contribution < 1.29 is 17.9 Å². The van der Waals surface area contributed by atoms with Gasteiger partial charge in [-0.2, -0.15) is 0 Å². The third-order valence-corrected chi connectivity index (χ3v) is 5.64. The summed E-state index contributed by atoms with van der Waals surface area (Å²) in [5.74, 6) is -1.22. The van der Waals surface area contributed by atoms with E-state index in [1.165, 1.54) is 0 Å². The minimum absolute atomic E-state index is 0.000751. The molecule has 0 aliphatic rings. The van der Waals surface area contributed by atoms with Crippen molar-refractivity contribution in [3.8, 4) is 0 Å². The van der Waals surface area contributed by atoms with E-state index >= 15 is 0 Å². The Bertz CT molecular complexity index is 437. The van der Waals surface area contributed by atoms with Crippen LogP contribution in [0.15, 0.2) is 0 Å². The van der Waals surface area contributed by atoms with Gasteiger partial charge in [-0.15, -0.1) is 0 Å². The van der Waals surface area contributed by atoms with Gasteiger partial charge < -0.3 is 4.74 Å². The van der Waals surface area contributed by atoms with Crippen molar-refractivity contribution in [1.29, 1.82) is 0 Å². The van der Waals surface area contributed by atoms with E-state index in [1.54, 1.807) is 20.8 Å². The Morgan fingerprint density at radius 2 is 1.45 bits per heavy atom. The predicted molar refractivity (Wildman–Crippen MR) is 82.4 cm³/mol. The van der Waals surface area contributed by atoms with Gasteiger partial charge in [-0.05, 0) is 38.0 Å². The third kappa shape index (κ3) is 6.25. The highest BCUT2D eigenvalue weighted by molar-refractivity contribution is 7.92. The summed E-state index contributed by atoms with van der Waals surface area (Å²) in [4.78, 5) is 11.7. The summed E-state index contributed by atoms with van der Waals surface area (Å²) in [6, 6.07) is 0. The number of hydrogen-bond acceptors (Lipinski definition) is 4. The molecule has 0 bridgehead atoms. The molecule has 20 heavy (non-hydrogen) atoms. The van der Waals surface area contributed by atoms with Crippen LogP contribution in [0.1, 0.15) is 61.8 Å². The van der Waals surface area contributed by atoms with E-state index in [1.807, 2.05) is 34.6 Å². The van der Waals surface area contributed by atoms with Crippen molar-refractivity contribution in [2.75, 3.05) is 11.5 Å². The van der Waals surface area contributed by atoms with Crippen LogP contribution in [0.4, 0.5) is 0 Å². The summed E-state index contributed by atoms with van der Waals surface area (Å²) in [5, 5.41) is 0. The number of hydrogen-bond donors (Lipinski definition) is 0. The zero-order chi connectivity index (χ0) is 16.4. The molecule has 0 aliphatic carbocycles. The van der Waals surface area contributed by atoms with Crippen molar-refractivity contribution in [1.82, 2.24) is 0 Å². The van der Waals surface area contributed by atoms with Crippen molar-refractivity contribution in [3.63, 3.8) is 0 Å². The van der Waals surface area contributed by atoms with E-state index in [0.717, 1.165) is 6.42 Å².